The summed E-state index contributed by atoms with van der Waals surface area (Å²) in [6, 6.07) is 4.00. The van der Waals surface area contributed by atoms with Gasteiger partial charge in [0.1, 0.15) is 5.01 Å². The van der Waals surface area contributed by atoms with Crippen LogP contribution in [-0.2, 0) is 13.1 Å². The van der Waals surface area contributed by atoms with Crippen molar-refractivity contribution in [1.82, 2.24) is 20.6 Å². The van der Waals surface area contributed by atoms with Crippen LogP contribution in [0.1, 0.15) is 33.8 Å². The molecule has 22 heavy (non-hydrogen) atoms. The summed E-state index contributed by atoms with van der Waals surface area (Å²) >= 11 is 1.72. The van der Waals surface area contributed by atoms with Crippen molar-refractivity contribution < 1.29 is 0 Å². The summed E-state index contributed by atoms with van der Waals surface area (Å²) in [6.07, 6.45) is 1.80. The van der Waals surface area contributed by atoms with E-state index in [0.717, 1.165) is 34.5 Å². The van der Waals surface area contributed by atoms with E-state index in [4.69, 9.17) is 0 Å². The van der Waals surface area contributed by atoms with Gasteiger partial charge in [0.15, 0.2) is 5.96 Å². The summed E-state index contributed by atoms with van der Waals surface area (Å²) in [5.41, 5.74) is 3.27. The Morgan fingerprint density at radius 3 is 2.73 bits per heavy atom. The molecule has 2 aromatic rings. The topological polar surface area (TPSA) is 62.2 Å². The molecule has 0 spiro atoms. The van der Waals surface area contributed by atoms with Gasteiger partial charge in [-0.15, -0.1) is 11.3 Å². The summed E-state index contributed by atoms with van der Waals surface area (Å²) in [6.45, 7) is 10.3. The third kappa shape index (κ3) is 4.53. The number of nitrogens with one attached hydrogen (secondary N) is 2. The van der Waals surface area contributed by atoms with Gasteiger partial charge in [-0.25, -0.2) is 9.98 Å². The Labute approximate surface area is 135 Å². The quantitative estimate of drug-likeness (QED) is 0.657. The van der Waals surface area contributed by atoms with Gasteiger partial charge < -0.3 is 10.6 Å². The molecule has 0 bridgehead atoms. The van der Waals surface area contributed by atoms with E-state index >= 15 is 0 Å². The van der Waals surface area contributed by atoms with E-state index in [-0.39, 0.29) is 0 Å². The van der Waals surface area contributed by atoms with E-state index in [2.05, 4.69) is 52.4 Å². The van der Waals surface area contributed by atoms with Crippen molar-refractivity contribution in [1.29, 1.82) is 0 Å². The Morgan fingerprint density at radius 1 is 1.27 bits per heavy atom. The maximum Gasteiger partial charge on any atom is 0.191 e. The number of aliphatic imine (C=N–C) groups is 1. The highest BCUT2D eigenvalue weighted by Gasteiger charge is 2.05. The number of pyridine rings is 1. The van der Waals surface area contributed by atoms with Crippen molar-refractivity contribution in [3.63, 3.8) is 0 Å². The second-order valence-electron chi connectivity index (χ2n) is 5.06. The average Bonchev–Trinajstić information content (AvgIpc) is 2.82. The van der Waals surface area contributed by atoms with Crippen LogP contribution in [0.3, 0.4) is 0 Å². The van der Waals surface area contributed by atoms with Crippen LogP contribution in [0.25, 0.3) is 0 Å². The monoisotopic (exact) mass is 317 g/mol. The Kier molecular flexibility index (Phi) is 5.89. The fraction of sp³-hybridized carbons (Fsp3) is 0.438. The molecule has 0 fully saturated rings. The molecule has 0 radical (unpaired) electrons. The largest absolute Gasteiger partial charge is 0.357 e. The normalized spacial score (nSPS) is 11.5. The van der Waals surface area contributed by atoms with Gasteiger partial charge in [-0.1, -0.05) is 6.07 Å². The number of nitrogens with zero attached hydrogens (tertiary/aromatic N) is 3. The maximum atomic E-state index is 4.60. The molecule has 0 aliphatic carbocycles. The first-order chi connectivity index (χ1) is 10.6. The predicted molar refractivity (Wildman–Crippen MR) is 92.2 cm³/mol. The Balaban J connectivity index is 1.99. The second kappa shape index (κ2) is 7.89. The molecule has 0 amide bonds. The molecular formula is C16H23N5S. The Hall–Kier alpha value is -1.95. The molecule has 0 aromatic carbocycles. The molecule has 0 unspecified atom stereocenters. The number of hydrogen-bond donors (Lipinski definition) is 2. The minimum absolute atomic E-state index is 0.567. The molecular weight excluding hydrogens is 294 g/mol. The molecule has 2 rings (SSSR count). The van der Waals surface area contributed by atoms with Crippen LogP contribution in [0.15, 0.2) is 23.3 Å². The van der Waals surface area contributed by atoms with Gasteiger partial charge in [0.05, 0.1) is 24.5 Å². The molecule has 2 N–H and O–H groups in total. The molecule has 6 heteroatoms. The summed E-state index contributed by atoms with van der Waals surface area (Å²) in [4.78, 5) is 14.8. The number of aromatic nitrogens is 2. The third-order valence-electron chi connectivity index (χ3n) is 3.33. The third-order valence-corrected chi connectivity index (χ3v) is 4.40. The lowest BCUT2D eigenvalue weighted by Crippen LogP contribution is -2.36. The lowest BCUT2D eigenvalue weighted by molar-refractivity contribution is 0.805. The van der Waals surface area contributed by atoms with E-state index < -0.39 is 0 Å². The minimum Gasteiger partial charge on any atom is -0.357 e. The molecule has 0 saturated heterocycles. The SMILES string of the molecule is CCNC(=NCc1ncccc1C)NCc1nc(C)c(C)s1. The van der Waals surface area contributed by atoms with Gasteiger partial charge in [-0.3, -0.25) is 4.98 Å². The highest BCUT2D eigenvalue weighted by atomic mass is 32.1. The highest BCUT2D eigenvalue weighted by molar-refractivity contribution is 7.11. The molecule has 118 valence electrons. The zero-order valence-electron chi connectivity index (χ0n) is 13.6. The van der Waals surface area contributed by atoms with Crippen LogP contribution in [0.5, 0.6) is 0 Å². The van der Waals surface area contributed by atoms with Crippen LogP contribution >= 0.6 is 11.3 Å². The molecule has 0 atom stereocenters. The number of aryl methyl sites for hydroxylation is 3. The van der Waals surface area contributed by atoms with E-state index in [1.165, 1.54) is 4.88 Å². The molecule has 0 aliphatic rings. The van der Waals surface area contributed by atoms with Gasteiger partial charge in [-0.05, 0) is 39.3 Å². The molecule has 2 heterocycles. The first kappa shape index (κ1) is 16.4. The molecule has 2 aromatic heterocycles. The van der Waals surface area contributed by atoms with Crippen molar-refractivity contribution in [2.24, 2.45) is 4.99 Å². The van der Waals surface area contributed by atoms with Gasteiger partial charge in [-0.2, -0.15) is 0 Å². The fourth-order valence-corrected chi connectivity index (χ4v) is 2.83. The number of thiazole rings is 1. The van der Waals surface area contributed by atoms with Crippen molar-refractivity contribution in [2.45, 2.75) is 40.8 Å². The van der Waals surface area contributed by atoms with Crippen LogP contribution in [0.2, 0.25) is 0 Å². The first-order valence-corrected chi connectivity index (χ1v) is 8.27. The lowest BCUT2D eigenvalue weighted by atomic mass is 10.2. The number of guanidine groups is 1. The van der Waals surface area contributed by atoms with Crippen molar-refractivity contribution >= 4 is 17.3 Å². The van der Waals surface area contributed by atoms with Crippen LogP contribution < -0.4 is 10.6 Å². The number of hydrogen-bond acceptors (Lipinski definition) is 4. The second-order valence-corrected chi connectivity index (χ2v) is 6.35. The van der Waals surface area contributed by atoms with Gasteiger partial charge in [0, 0.05) is 17.6 Å². The minimum atomic E-state index is 0.567. The molecule has 0 aliphatic heterocycles. The van der Waals surface area contributed by atoms with Crippen molar-refractivity contribution in [3.8, 4) is 0 Å². The zero-order chi connectivity index (χ0) is 15.9. The lowest BCUT2D eigenvalue weighted by Gasteiger charge is -2.10. The van der Waals surface area contributed by atoms with Gasteiger partial charge in [0.25, 0.3) is 0 Å². The smallest absolute Gasteiger partial charge is 0.191 e. The van der Waals surface area contributed by atoms with Gasteiger partial charge >= 0.3 is 0 Å². The van der Waals surface area contributed by atoms with Crippen LogP contribution in [-0.4, -0.2) is 22.5 Å². The number of rotatable bonds is 5. The summed E-state index contributed by atoms with van der Waals surface area (Å²) in [5, 5.41) is 7.66. The summed E-state index contributed by atoms with van der Waals surface area (Å²) in [7, 11) is 0. The van der Waals surface area contributed by atoms with Crippen LogP contribution in [0.4, 0.5) is 0 Å². The maximum absolute atomic E-state index is 4.60. The summed E-state index contributed by atoms with van der Waals surface area (Å²) in [5.74, 6) is 0.790. The van der Waals surface area contributed by atoms with E-state index in [1.807, 2.05) is 13.0 Å². The predicted octanol–water partition coefficient (Wildman–Crippen LogP) is 2.72. The molecule has 5 nitrogen and oxygen atoms in total. The average molecular weight is 317 g/mol. The van der Waals surface area contributed by atoms with Crippen LogP contribution in [0, 0.1) is 20.8 Å². The Bertz CT molecular complexity index is 628. The van der Waals surface area contributed by atoms with Crippen molar-refractivity contribution in [3.05, 3.63) is 45.2 Å². The van der Waals surface area contributed by atoms with E-state index in [0.29, 0.717) is 13.1 Å². The zero-order valence-corrected chi connectivity index (χ0v) is 14.4. The van der Waals surface area contributed by atoms with Crippen molar-refractivity contribution in [2.75, 3.05) is 6.54 Å². The molecule has 0 saturated carbocycles. The summed E-state index contributed by atoms with van der Waals surface area (Å²) < 4.78 is 0. The fourth-order valence-electron chi connectivity index (χ4n) is 1.95. The first-order valence-electron chi connectivity index (χ1n) is 7.45. The van der Waals surface area contributed by atoms with E-state index in [1.54, 1.807) is 17.5 Å². The Morgan fingerprint density at radius 2 is 2.09 bits per heavy atom. The van der Waals surface area contributed by atoms with E-state index in [9.17, 15) is 0 Å². The standard InChI is InChI=1S/C16H23N5S/c1-5-17-16(19-9-14-11(2)7-6-8-18-14)20-10-15-21-12(3)13(4)22-15/h6-8H,5,9-10H2,1-4H3,(H2,17,19,20). The highest BCUT2D eigenvalue weighted by Crippen LogP contribution is 2.15. The van der Waals surface area contributed by atoms with Gasteiger partial charge in [0.2, 0.25) is 0 Å².